The highest BCUT2D eigenvalue weighted by atomic mass is 19.1. The summed E-state index contributed by atoms with van der Waals surface area (Å²) in [6.07, 6.45) is 3.54. The number of piperidine rings is 2. The fourth-order valence-corrected chi connectivity index (χ4v) is 9.93. The van der Waals surface area contributed by atoms with Gasteiger partial charge in [0.25, 0.3) is 18.3 Å². The van der Waals surface area contributed by atoms with Crippen molar-refractivity contribution in [3.05, 3.63) is 112 Å². The van der Waals surface area contributed by atoms with Crippen LogP contribution in [0.2, 0.25) is 0 Å². The first-order valence-corrected chi connectivity index (χ1v) is 24.3. The van der Waals surface area contributed by atoms with E-state index in [1.54, 1.807) is 46.2 Å². The lowest BCUT2D eigenvalue weighted by Crippen LogP contribution is -2.52. The molecule has 20 heteroatoms. The van der Waals surface area contributed by atoms with Gasteiger partial charge in [0, 0.05) is 94.8 Å². The van der Waals surface area contributed by atoms with E-state index >= 15 is 0 Å². The number of halogens is 2. The van der Waals surface area contributed by atoms with Crippen molar-refractivity contribution in [1.29, 1.82) is 0 Å². The number of carbonyl (C=O) groups is 7. The zero-order valence-electron chi connectivity index (χ0n) is 39.5. The third-order valence-electron chi connectivity index (χ3n) is 13.9. The number of fused-ring (bicyclic) bond motifs is 1. The summed E-state index contributed by atoms with van der Waals surface area (Å²) in [4.78, 5) is 95.0. The molecule has 5 N–H and O–H groups in total. The first-order chi connectivity index (χ1) is 34.9. The predicted octanol–water partition coefficient (Wildman–Crippen LogP) is 5.18. The quantitative estimate of drug-likeness (QED) is 0.0676. The van der Waals surface area contributed by atoms with Crippen LogP contribution >= 0.6 is 0 Å². The standard InChI is InChI=1S/C52H55F2N9O9/c53-36-26-32(27-37(54)29-36)25-31-1-7-41-40(28-31)49(60-59-41)58-51(69)39-6-9-43(48(72-30-64)47(39)55-38-15-23-71-24-16-38)61-19-21-63(22-20-61)46(67)12-11-45(66)62-17-13-34(14-18-62)33-2-4-35(5-3-33)50(68)56-42-8-10-44(65)57-52(42)70/h1-7,9,26-30,34,38,42,55H,8,10-25H2,(H,56,68)(H,57,65,70)(H2,58,59,60,69). The third kappa shape index (κ3) is 11.5. The summed E-state index contributed by atoms with van der Waals surface area (Å²) in [7, 11) is 0. The first kappa shape index (κ1) is 49.2. The minimum atomic E-state index is -0.760. The number of likely N-dealkylation sites (tertiary alicyclic amines) is 1. The first-order valence-electron chi connectivity index (χ1n) is 24.3. The fraction of sp³-hybridized carbons (Fsp3) is 0.385. The lowest BCUT2D eigenvalue weighted by atomic mass is 9.88. The van der Waals surface area contributed by atoms with Crippen molar-refractivity contribution in [2.24, 2.45) is 0 Å². The van der Waals surface area contributed by atoms with Crippen molar-refractivity contribution < 1.29 is 51.8 Å². The van der Waals surface area contributed by atoms with Gasteiger partial charge in [0.2, 0.25) is 23.6 Å². The number of H-pyrrole nitrogens is 1. The van der Waals surface area contributed by atoms with Gasteiger partial charge < -0.3 is 40.1 Å². The van der Waals surface area contributed by atoms with Crippen molar-refractivity contribution in [3.63, 3.8) is 0 Å². The summed E-state index contributed by atoms with van der Waals surface area (Å²) in [6.45, 7) is 3.88. The van der Waals surface area contributed by atoms with Crippen LogP contribution in [0.5, 0.6) is 5.75 Å². The minimum Gasteiger partial charge on any atom is -0.424 e. The van der Waals surface area contributed by atoms with E-state index in [4.69, 9.17) is 9.47 Å². The van der Waals surface area contributed by atoms with E-state index < -0.39 is 35.4 Å². The van der Waals surface area contributed by atoms with Gasteiger partial charge in [-0.1, -0.05) is 18.2 Å². The topological polar surface area (TPSA) is 224 Å². The molecule has 9 rings (SSSR count). The molecule has 0 saturated carbocycles. The van der Waals surface area contributed by atoms with Crippen LogP contribution < -0.4 is 30.9 Å². The number of rotatable bonds is 15. The molecule has 18 nitrogen and oxygen atoms in total. The average Bonchev–Trinajstić information content (AvgIpc) is 3.78. The van der Waals surface area contributed by atoms with Gasteiger partial charge in [0.05, 0.1) is 22.5 Å². The van der Waals surface area contributed by atoms with Crippen LogP contribution in [0.3, 0.4) is 0 Å². The highest BCUT2D eigenvalue weighted by molar-refractivity contribution is 6.12. The van der Waals surface area contributed by atoms with Crippen molar-refractivity contribution in [2.45, 2.75) is 75.8 Å². The van der Waals surface area contributed by atoms with Crippen LogP contribution in [0.25, 0.3) is 10.9 Å². The van der Waals surface area contributed by atoms with E-state index in [1.165, 1.54) is 12.1 Å². The maximum Gasteiger partial charge on any atom is 0.298 e. The monoisotopic (exact) mass is 987 g/mol. The second-order valence-corrected chi connectivity index (χ2v) is 18.6. The number of carbonyl (C=O) groups excluding carboxylic acids is 7. The molecule has 5 heterocycles. The Bertz CT molecular complexity index is 2850. The molecule has 0 spiro atoms. The minimum absolute atomic E-state index is 0.0587. The summed E-state index contributed by atoms with van der Waals surface area (Å²) in [5, 5.41) is 19.1. The molecular weight excluding hydrogens is 933 g/mol. The van der Waals surface area contributed by atoms with Gasteiger partial charge in [-0.25, -0.2) is 8.78 Å². The van der Waals surface area contributed by atoms with E-state index in [0.717, 1.165) is 30.0 Å². The molecule has 4 fully saturated rings. The number of amides is 6. The molecule has 1 unspecified atom stereocenters. The summed E-state index contributed by atoms with van der Waals surface area (Å²) in [6, 6.07) is 18.4. The van der Waals surface area contributed by atoms with Crippen molar-refractivity contribution in [2.75, 3.05) is 68.0 Å². The molecule has 4 aliphatic rings. The van der Waals surface area contributed by atoms with Crippen molar-refractivity contribution in [3.8, 4) is 5.75 Å². The Morgan fingerprint density at radius 1 is 0.778 bits per heavy atom. The smallest absolute Gasteiger partial charge is 0.298 e. The summed E-state index contributed by atoms with van der Waals surface area (Å²) in [5.41, 5.74) is 4.31. The molecule has 72 heavy (non-hydrogen) atoms. The molecule has 376 valence electrons. The van der Waals surface area contributed by atoms with Crippen molar-refractivity contribution >= 4 is 70.0 Å². The van der Waals surface area contributed by atoms with Gasteiger partial charge in [-0.15, -0.1) is 0 Å². The number of nitrogens with zero attached hydrogens (tertiary/aromatic N) is 4. The Morgan fingerprint density at radius 2 is 1.47 bits per heavy atom. The molecule has 0 aliphatic carbocycles. The molecule has 4 aliphatic heterocycles. The lowest BCUT2D eigenvalue weighted by Gasteiger charge is -2.37. The number of ether oxygens (including phenoxy) is 2. The predicted molar refractivity (Wildman–Crippen MR) is 260 cm³/mol. The number of hydrogen-bond donors (Lipinski definition) is 5. The highest BCUT2D eigenvalue weighted by Gasteiger charge is 2.31. The molecule has 5 aromatic rings. The average molecular weight is 988 g/mol. The van der Waals surface area contributed by atoms with Crippen LogP contribution in [0.15, 0.2) is 72.8 Å². The molecule has 6 amide bonds. The van der Waals surface area contributed by atoms with E-state index in [0.29, 0.717) is 105 Å². The molecule has 1 atom stereocenters. The van der Waals surface area contributed by atoms with E-state index in [1.807, 2.05) is 23.1 Å². The van der Waals surface area contributed by atoms with Gasteiger partial charge in [-0.3, -0.25) is 44.0 Å². The SMILES string of the molecule is O=COc1c(N2CCN(C(=O)CCC(=O)N3CCC(c4ccc(C(=O)NC5CCC(=O)NC5=O)cc4)CC3)CC2)ccc(C(=O)Nc2n[nH]c3ccc(Cc4cc(F)cc(F)c4)cc23)c1NC1CCOCC1. The number of piperazine rings is 1. The number of hydrogen-bond acceptors (Lipinski definition) is 12. The van der Waals surface area contributed by atoms with E-state index in [-0.39, 0.29) is 78.9 Å². The van der Waals surface area contributed by atoms with Crippen molar-refractivity contribution in [1.82, 2.24) is 30.6 Å². The van der Waals surface area contributed by atoms with Crippen LogP contribution in [0, 0.1) is 11.6 Å². The van der Waals surface area contributed by atoms with Crippen LogP contribution in [0.1, 0.15) is 94.7 Å². The fourth-order valence-electron chi connectivity index (χ4n) is 9.93. The van der Waals surface area contributed by atoms with Gasteiger partial charge in [0.15, 0.2) is 11.6 Å². The molecule has 1 aromatic heterocycles. The van der Waals surface area contributed by atoms with Crippen LogP contribution in [0.4, 0.5) is 26.0 Å². The molecule has 4 saturated heterocycles. The van der Waals surface area contributed by atoms with Gasteiger partial charge in [-0.05, 0) is 110 Å². The number of nitrogens with one attached hydrogen (secondary N) is 5. The Hall–Kier alpha value is -7.74. The Balaban J connectivity index is 0.797. The highest BCUT2D eigenvalue weighted by Crippen LogP contribution is 2.41. The molecule has 0 radical (unpaired) electrons. The number of imide groups is 1. The Labute approximate surface area is 413 Å². The zero-order chi connectivity index (χ0) is 50.3. The van der Waals surface area contributed by atoms with Gasteiger partial charge >= 0.3 is 0 Å². The second-order valence-electron chi connectivity index (χ2n) is 18.6. The zero-order valence-corrected chi connectivity index (χ0v) is 39.5. The number of aromatic amines is 1. The van der Waals surface area contributed by atoms with Gasteiger partial charge in [-0.2, -0.15) is 5.10 Å². The second kappa shape index (κ2) is 22.1. The van der Waals surface area contributed by atoms with Crippen LogP contribution in [-0.4, -0.2) is 126 Å². The maximum atomic E-state index is 14.2. The number of aromatic nitrogens is 2. The normalized spacial score (nSPS) is 17.9. The number of benzene rings is 4. The van der Waals surface area contributed by atoms with Gasteiger partial charge in [0.1, 0.15) is 17.7 Å². The van der Waals surface area contributed by atoms with E-state index in [2.05, 4.69) is 31.5 Å². The third-order valence-corrected chi connectivity index (χ3v) is 13.9. The molecule has 4 aromatic carbocycles. The summed E-state index contributed by atoms with van der Waals surface area (Å²) < 4.78 is 39.2. The largest absolute Gasteiger partial charge is 0.424 e. The summed E-state index contributed by atoms with van der Waals surface area (Å²) in [5.74, 6) is -2.80. The maximum absolute atomic E-state index is 14.2. The lowest BCUT2D eigenvalue weighted by molar-refractivity contribution is -0.137. The van der Waals surface area contributed by atoms with E-state index in [9.17, 15) is 42.3 Å². The summed E-state index contributed by atoms with van der Waals surface area (Å²) >= 11 is 0. The van der Waals surface area contributed by atoms with Crippen LogP contribution in [-0.2, 0) is 35.1 Å². The Morgan fingerprint density at radius 3 is 2.15 bits per heavy atom. The molecule has 0 bridgehead atoms. The Kier molecular flexibility index (Phi) is 15.1. The molecular formula is C52H55F2N9O9. The number of anilines is 3.